The number of methoxy groups -OCH3 is 1. The van der Waals surface area contributed by atoms with Crippen molar-refractivity contribution in [1.29, 1.82) is 0 Å². The highest BCUT2D eigenvalue weighted by Gasteiger charge is 2.49. The third-order valence-electron chi connectivity index (χ3n) is 24.2. The molecule has 6 unspecified atom stereocenters. The van der Waals surface area contributed by atoms with Crippen molar-refractivity contribution in [3.8, 4) is 5.75 Å². The summed E-state index contributed by atoms with van der Waals surface area (Å²) >= 11 is 0. The lowest BCUT2D eigenvalue weighted by Crippen LogP contribution is -2.49. The number of benzene rings is 1. The third-order valence-corrected chi connectivity index (χ3v) is 24.2. The molecule has 112 heavy (non-hydrogen) atoms. The maximum atomic E-state index is 13.5. The van der Waals surface area contributed by atoms with Crippen molar-refractivity contribution in [3.63, 3.8) is 0 Å². The summed E-state index contributed by atoms with van der Waals surface area (Å²) in [7, 11) is 10.5. The summed E-state index contributed by atoms with van der Waals surface area (Å²) in [6.07, 6.45) is 36.4. The highest BCUT2D eigenvalue weighted by atomic mass is 16.7. The quantitative estimate of drug-likeness (QED) is 0.0268. The van der Waals surface area contributed by atoms with E-state index in [-0.39, 0.29) is 35.6 Å². The van der Waals surface area contributed by atoms with Crippen LogP contribution < -0.4 is 4.74 Å². The minimum absolute atomic E-state index is 0.169. The zero-order valence-corrected chi connectivity index (χ0v) is 73.0. The molecule has 4 aliphatic carbocycles. The van der Waals surface area contributed by atoms with E-state index in [1.807, 2.05) is 36.9 Å². The van der Waals surface area contributed by atoms with Crippen molar-refractivity contribution in [2.45, 2.75) is 336 Å². The molecule has 6 fully saturated rings. The molecule has 11 rings (SSSR count). The highest BCUT2D eigenvalue weighted by Crippen LogP contribution is 2.50. The molecule has 2 aliphatic heterocycles. The van der Waals surface area contributed by atoms with Crippen LogP contribution in [0.5, 0.6) is 5.75 Å². The summed E-state index contributed by atoms with van der Waals surface area (Å²) in [5.41, 5.74) is 11.6. The maximum Gasteiger partial charge on any atom is 0.229 e. The van der Waals surface area contributed by atoms with Gasteiger partial charge in [-0.15, -0.1) is 0 Å². The Morgan fingerprint density at radius 2 is 0.893 bits per heavy atom. The number of carbonyl (C=O) groups excluding carboxylic acids is 1. The predicted molar refractivity (Wildman–Crippen MR) is 450 cm³/mol. The molecule has 2 saturated heterocycles. The van der Waals surface area contributed by atoms with Crippen LogP contribution >= 0.6 is 0 Å². The average molecular weight is 1560 g/mol. The zero-order valence-electron chi connectivity index (χ0n) is 73.0. The van der Waals surface area contributed by atoms with E-state index in [1.54, 1.807) is 7.11 Å². The van der Waals surface area contributed by atoms with E-state index in [1.165, 1.54) is 116 Å². The van der Waals surface area contributed by atoms with E-state index in [2.05, 4.69) is 189 Å². The molecule has 634 valence electrons. The first kappa shape index (κ1) is 92.4. The molecule has 0 bridgehead atoms. The molecule has 22 heteroatoms. The van der Waals surface area contributed by atoms with E-state index in [0.717, 1.165) is 180 Å². The maximum absolute atomic E-state index is 13.5. The smallest absolute Gasteiger partial charge is 0.229 e. The van der Waals surface area contributed by atoms with Gasteiger partial charge in [0, 0.05) is 154 Å². The fourth-order valence-corrected chi connectivity index (χ4v) is 18.5. The van der Waals surface area contributed by atoms with Crippen LogP contribution in [0.1, 0.15) is 311 Å². The Hall–Kier alpha value is -5.11. The number of hydrogen-bond acceptors (Lipinski definition) is 17. The van der Waals surface area contributed by atoms with E-state index in [4.69, 9.17) is 37.9 Å². The predicted octanol–water partition coefficient (Wildman–Crippen LogP) is 17.7. The second kappa shape index (κ2) is 48.6. The van der Waals surface area contributed by atoms with Crippen LogP contribution in [0.25, 0.3) is 0 Å². The number of unbranched alkanes of at least 4 members (excludes halogenated alkanes) is 4. The first-order chi connectivity index (χ1) is 54.1. The molecule has 1 aromatic carbocycles. The molecule has 0 radical (unpaired) electrons. The topological polar surface area (TPSA) is 222 Å². The molecule has 1 amide bonds. The Labute approximate surface area is 676 Å². The van der Waals surface area contributed by atoms with Crippen LogP contribution in [0.2, 0.25) is 0 Å². The molecule has 4 saturated carbocycles. The molecular weight excluding hydrogens is 1410 g/mol. The van der Waals surface area contributed by atoms with Gasteiger partial charge in [0.1, 0.15) is 12.4 Å². The Balaban J connectivity index is 0.000000189. The SMILES string of the molecule is CCCCN(C)Cc1cn[nH]c1C1CC(COCC)CC(COCC)C1.CCCCN(C)Cc1cn[nH]c1C1CC(OC(C)C)CC(OC(C)C)C1.CCCCN(C)Cc1cn[nH]c1C1CCC2(CC1)CCN(Cc1ccc(OCCOC)cc1)C2=O.CCCCN(C)Cc1cn[nH]c1C1CCC2(CC1)OC(C)CC(C)O2. The number of aromatic nitrogens is 8. The molecule has 6 aliphatic rings. The average Bonchev–Trinajstić information content (AvgIpc) is 1.55. The van der Waals surface area contributed by atoms with Crippen LogP contribution in [0, 0.1) is 17.3 Å². The third kappa shape index (κ3) is 29.5. The molecule has 22 nitrogen and oxygen atoms in total. The van der Waals surface area contributed by atoms with Gasteiger partial charge < -0.3 is 62.4 Å². The number of ether oxygens (including phenoxy) is 8. The fraction of sp³-hybridized carbons (Fsp3) is 0.789. The van der Waals surface area contributed by atoms with Crippen LogP contribution in [0.15, 0.2) is 49.1 Å². The summed E-state index contributed by atoms with van der Waals surface area (Å²) in [5.74, 6) is 4.06. The number of nitrogens with zero attached hydrogens (tertiary/aromatic N) is 9. The number of rotatable bonds is 40. The number of likely N-dealkylation sites (tertiary alicyclic amines) is 1. The van der Waals surface area contributed by atoms with Gasteiger partial charge in [0.2, 0.25) is 5.91 Å². The molecule has 5 aromatic rings. The molecule has 2 spiro atoms. The van der Waals surface area contributed by atoms with Crippen molar-refractivity contribution >= 4 is 5.91 Å². The first-order valence-corrected chi connectivity index (χ1v) is 44.3. The van der Waals surface area contributed by atoms with Crippen LogP contribution in [0.3, 0.4) is 0 Å². The molecule has 6 heterocycles. The van der Waals surface area contributed by atoms with E-state index < -0.39 is 0 Å². The van der Waals surface area contributed by atoms with Gasteiger partial charge >= 0.3 is 0 Å². The van der Waals surface area contributed by atoms with Gasteiger partial charge in [-0.2, -0.15) is 20.4 Å². The van der Waals surface area contributed by atoms with Gasteiger partial charge in [-0.3, -0.25) is 25.2 Å². The van der Waals surface area contributed by atoms with Gasteiger partial charge in [0.05, 0.1) is 73.4 Å². The van der Waals surface area contributed by atoms with E-state index in [9.17, 15) is 4.79 Å². The molecule has 4 N–H and O–H groups in total. The summed E-state index contributed by atoms with van der Waals surface area (Å²) < 4.78 is 47.0. The summed E-state index contributed by atoms with van der Waals surface area (Å²) in [6, 6.07) is 8.09. The van der Waals surface area contributed by atoms with Crippen LogP contribution in [-0.4, -0.2) is 221 Å². The summed E-state index contributed by atoms with van der Waals surface area (Å²) in [4.78, 5) is 25.2. The highest BCUT2D eigenvalue weighted by molar-refractivity contribution is 5.85. The van der Waals surface area contributed by atoms with Crippen LogP contribution in [-0.2, 0) is 70.7 Å². The van der Waals surface area contributed by atoms with Crippen molar-refractivity contribution in [1.82, 2.24) is 65.3 Å². The standard InChI is InChI=1S/C28H42N4O3.2C21H39N3O2.C20H35N3O2/c1-4-5-15-31(2)21-24-19-29-30-26(24)23-10-12-28(13-11-23)14-16-32(27(28)33)20-22-6-8-25(9-7-22)35-18-17-34-3;1-7-8-9-24(6)14-18-13-22-23-21(18)17-10-19(25-15(2)3)12-20(11-17)26-16(4)5;1-5-8-9-24(4)14-20-13-22-23-21(20)19-11-17(15-25-6-2)10-18(12-19)16-26-7-3;1-5-6-11-23(4)14-18-13-21-22-19(18)17-7-9-20(10-8-17)24-15(2)12-16(3)25-20/h6-9,19,23H,4-5,10-18,20-21H2,1-3H3,(H,29,30);13,15-17,19-20H,7-12,14H2,1-6H3,(H,22,23);13,17-19H,5-12,14-16H2,1-4H3,(H,22,23);13,15-17H,5-12,14H2,1-4H3,(H,21,22). The van der Waals surface area contributed by atoms with Gasteiger partial charge in [-0.25, -0.2) is 0 Å². The largest absolute Gasteiger partial charge is 0.491 e. The van der Waals surface area contributed by atoms with E-state index in [0.29, 0.717) is 73.4 Å². The number of amides is 1. The lowest BCUT2D eigenvalue weighted by molar-refractivity contribution is -0.323. The van der Waals surface area contributed by atoms with Crippen molar-refractivity contribution in [3.05, 3.63) is 99.6 Å². The Morgan fingerprint density at radius 3 is 1.28 bits per heavy atom. The van der Waals surface area contributed by atoms with Crippen molar-refractivity contribution in [2.75, 3.05) is 108 Å². The Morgan fingerprint density at radius 1 is 0.500 bits per heavy atom. The minimum Gasteiger partial charge on any atom is -0.491 e. The second-order valence-electron chi connectivity index (χ2n) is 34.9. The van der Waals surface area contributed by atoms with Gasteiger partial charge in [-0.1, -0.05) is 65.5 Å². The zero-order chi connectivity index (χ0) is 80.4. The monoisotopic (exact) mass is 1560 g/mol. The fourth-order valence-electron chi connectivity index (χ4n) is 18.5. The first-order valence-electron chi connectivity index (χ1n) is 44.3. The Bertz CT molecular complexity index is 3270. The Kier molecular flexibility index (Phi) is 40.1. The van der Waals surface area contributed by atoms with Gasteiger partial charge in [-0.05, 0) is 255 Å². The van der Waals surface area contributed by atoms with Gasteiger partial charge in [0.25, 0.3) is 0 Å². The van der Waals surface area contributed by atoms with Crippen molar-refractivity contribution < 1.29 is 42.7 Å². The lowest BCUT2D eigenvalue weighted by Gasteiger charge is -2.46. The van der Waals surface area contributed by atoms with E-state index >= 15 is 0 Å². The van der Waals surface area contributed by atoms with Crippen molar-refractivity contribution in [2.24, 2.45) is 17.3 Å². The molecule has 4 aromatic heterocycles. The lowest BCUT2D eigenvalue weighted by atomic mass is 9.68. The van der Waals surface area contributed by atoms with Gasteiger partial charge in [0.15, 0.2) is 5.79 Å². The summed E-state index contributed by atoms with van der Waals surface area (Å²) in [6.45, 7) is 40.3. The summed E-state index contributed by atoms with van der Waals surface area (Å²) in [5, 5.41) is 30.7. The molecule has 6 atom stereocenters. The number of carbonyl (C=O) groups is 1. The normalized spacial score (nSPS) is 25.5. The number of nitrogens with one attached hydrogen (secondary N) is 4. The number of aromatic amines is 4. The molecular formula is C90H155N13O9. The number of H-pyrrole nitrogens is 4. The number of hydrogen-bond donors (Lipinski definition) is 4. The van der Waals surface area contributed by atoms with Crippen LogP contribution in [0.4, 0.5) is 0 Å². The minimum atomic E-state index is -0.342. The second-order valence-corrected chi connectivity index (χ2v) is 34.9.